The summed E-state index contributed by atoms with van der Waals surface area (Å²) in [5.41, 5.74) is 11.0. The lowest BCUT2D eigenvalue weighted by Crippen LogP contribution is -2.13. The zero-order chi connectivity index (χ0) is 15.0. The van der Waals surface area contributed by atoms with Crippen molar-refractivity contribution in [2.24, 2.45) is 0 Å². The summed E-state index contributed by atoms with van der Waals surface area (Å²) in [4.78, 5) is 12.4. The molecule has 2 aromatic rings. The molecule has 0 aromatic heterocycles. The van der Waals surface area contributed by atoms with Crippen LogP contribution < -0.4 is 15.8 Å². The molecule has 4 heteroatoms. The van der Waals surface area contributed by atoms with Crippen molar-refractivity contribution in [1.82, 2.24) is 0 Å². The van der Waals surface area contributed by atoms with E-state index >= 15 is 0 Å². The summed E-state index contributed by atoms with van der Waals surface area (Å²) in [6, 6.07) is 9.33. The molecule has 0 aliphatic carbocycles. The Kier molecular flexibility index (Phi) is 3.29. The van der Waals surface area contributed by atoms with E-state index in [0.29, 0.717) is 12.2 Å². The van der Waals surface area contributed by atoms with Gasteiger partial charge in [0.15, 0.2) is 0 Å². The van der Waals surface area contributed by atoms with Gasteiger partial charge in [0.05, 0.1) is 6.61 Å². The molecule has 1 aliphatic rings. The molecule has 0 unspecified atom stereocenters. The molecule has 2 aromatic carbocycles. The molecule has 1 heterocycles. The maximum Gasteiger partial charge on any atom is 0.255 e. The molecule has 0 bridgehead atoms. The highest BCUT2D eigenvalue weighted by Crippen LogP contribution is 2.27. The summed E-state index contributed by atoms with van der Waals surface area (Å²) in [6.45, 7) is 4.55. The second kappa shape index (κ2) is 5.13. The molecule has 3 N–H and O–H groups in total. The van der Waals surface area contributed by atoms with Crippen LogP contribution in [-0.2, 0) is 6.42 Å². The Morgan fingerprint density at radius 1 is 1.19 bits per heavy atom. The van der Waals surface area contributed by atoms with Gasteiger partial charge in [-0.2, -0.15) is 0 Å². The van der Waals surface area contributed by atoms with E-state index in [1.54, 1.807) is 6.07 Å². The van der Waals surface area contributed by atoms with Gasteiger partial charge in [-0.15, -0.1) is 0 Å². The molecule has 4 nitrogen and oxygen atoms in total. The van der Waals surface area contributed by atoms with Crippen LogP contribution in [0.2, 0.25) is 0 Å². The fraction of sp³-hybridized carbons (Fsp3) is 0.235. The van der Waals surface area contributed by atoms with Gasteiger partial charge in [-0.1, -0.05) is 0 Å². The third-order valence-electron chi connectivity index (χ3n) is 3.81. The molecule has 0 spiro atoms. The largest absolute Gasteiger partial charge is 0.493 e. The van der Waals surface area contributed by atoms with E-state index in [4.69, 9.17) is 10.5 Å². The number of ether oxygens (including phenoxy) is 1. The van der Waals surface area contributed by atoms with Crippen molar-refractivity contribution in [2.45, 2.75) is 20.3 Å². The average molecular weight is 282 g/mol. The fourth-order valence-corrected chi connectivity index (χ4v) is 2.50. The number of aryl methyl sites for hydroxylation is 2. The van der Waals surface area contributed by atoms with E-state index in [2.05, 4.69) is 5.32 Å². The van der Waals surface area contributed by atoms with E-state index in [0.717, 1.165) is 40.2 Å². The van der Waals surface area contributed by atoms with E-state index in [9.17, 15) is 4.79 Å². The molecule has 1 amide bonds. The fourth-order valence-electron chi connectivity index (χ4n) is 2.50. The molecule has 0 fully saturated rings. The number of nitrogens with one attached hydrogen (secondary N) is 1. The van der Waals surface area contributed by atoms with Crippen molar-refractivity contribution < 1.29 is 9.53 Å². The van der Waals surface area contributed by atoms with Gasteiger partial charge in [0.2, 0.25) is 0 Å². The minimum Gasteiger partial charge on any atom is -0.493 e. The lowest BCUT2D eigenvalue weighted by Gasteiger charge is -2.11. The third-order valence-corrected chi connectivity index (χ3v) is 3.81. The van der Waals surface area contributed by atoms with Crippen molar-refractivity contribution in [2.75, 3.05) is 17.7 Å². The summed E-state index contributed by atoms with van der Waals surface area (Å²) in [5, 5.41) is 2.95. The second-order valence-electron chi connectivity index (χ2n) is 5.40. The highest BCUT2D eigenvalue weighted by atomic mass is 16.5. The minimum absolute atomic E-state index is 0.114. The Bertz CT molecular complexity index is 723. The molecule has 0 saturated heterocycles. The lowest BCUT2D eigenvalue weighted by atomic mass is 10.1. The number of nitrogens with two attached hydrogens (primary N) is 1. The first-order valence-corrected chi connectivity index (χ1v) is 6.98. The number of carbonyl (C=O) groups is 1. The molecule has 0 atom stereocenters. The molecule has 108 valence electrons. The van der Waals surface area contributed by atoms with E-state index in [1.807, 2.05) is 38.1 Å². The number of anilines is 2. The molecule has 0 radical (unpaired) electrons. The van der Waals surface area contributed by atoms with Crippen LogP contribution in [0.25, 0.3) is 0 Å². The van der Waals surface area contributed by atoms with Crippen molar-refractivity contribution in [1.29, 1.82) is 0 Å². The molecular weight excluding hydrogens is 264 g/mol. The van der Waals surface area contributed by atoms with Crippen molar-refractivity contribution in [3.63, 3.8) is 0 Å². The minimum atomic E-state index is -0.114. The van der Waals surface area contributed by atoms with Gasteiger partial charge in [0.25, 0.3) is 5.91 Å². The summed E-state index contributed by atoms with van der Waals surface area (Å²) >= 11 is 0. The quantitative estimate of drug-likeness (QED) is 0.832. The number of fused-ring (bicyclic) bond motifs is 1. The van der Waals surface area contributed by atoms with Crippen LogP contribution in [0.15, 0.2) is 30.3 Å². The third kappa shape index (κ3) is 2.57. The Hall–Kier alpha value is -2.49. The van der Waals surface area contributed by atoms with Gasteiger partial charge in [0, 0.05) is 23.4 Å². The monoisotopic (exact) mass is 282 g/mol. The number of nitrogen functional groups attached to an aromatic ring is 1. The zero-order valence-electron chi connectivity index (χ0n) is 12.2. The number of rotatable bonds is 2. The van der Waals surface area contributed by atoms with Crippen LogP contribution in [0.4, 0.5) is 11.4 Å². The Morgan fingerprint density at radius 2 is 2.00 bits per heavy atom. The maximum atomic E-state index is 12.4. The Morgan fingerprint density at radius 3 is 2.81 bits per heavy atom. The second-order valence-corrected chi connectivity index (χ2v) is 5.40. The highest BCUT2D eigenvalue weighted by molar-refractivity contribution is 6.05. The topological polar surface area (TPSA) is 64.3 Å². The van der Waals surface area contributed by atoms with Crippen LogP contribution in [0.5, 0.6) is 5.75 Å². The predicted octanol–water partition coefficient (Wildman–Crippen LogP) is 3.07. The Labute approximate surface area is 123 Å². The molecule has 1 aliphatic heterocycles. The summed E-state index contributed by atoms with van der Waals surface area (Å²) < 4.78 is 5.45. The number of benzene rings is 2. The van der Waals surface area contributed by atoms with Crippen LogP contribution in [-0.4, -0.2) is 12.5 Å². The Balaban J connectivity index is 1.85. The van der Waals surface area contributed by atoms with Crippen LogP contribution in [0.3, 0.4) is 0 Å². The van der Waals surface area contributed by atoms with Crippen LogP contribution >= 0.6 is 0 Å². The number of carbonyl (C=O) groups excluding carboxylic acids is 1. The number of hydrogen-bond donors (Lipinski definition) is 2. The smallest absolute Gasteiger partial charge is 0.255 e. The van der Waals surface area contributed by atoms with E-state index < -0.39 is 0 Å². The van der Waals surface area contributed by atoms with Gasteiger partial charge in [-0.25, -0.2) is 0 Å². The average Bonchev–Trinajstić information content (AvgIpc) is 2.92. The van der Waals surface area contributed by atoms with Gasteiger partial charge >= 0.3 is 0 Å². The van der Waals surface area contributed by atoms with Gasteiger partial charge in [-0.3, -0.25) is 4.79 Å². The standard InChI is InChI=1S/C17H18N2O2/c1-10-8-15(11(2)7-14(10)18)19-17(20)13-3-4-16-12(9-13)5-6-21-16/h3-4,7-9H,5-6,18H2,1-2H3,(H,19,20). The normalized spacial score (nSPS) is 12.7. The zero-order valence-corrected chi connectivity index (χ0v) is 12.2. The first kappa shape index (κ1) is 13.5. The lowest BCUT2D eigenvalue weighted by molar-refractivity contribution is 0.102. The van der Waals surface area contributed by atoms with Gasteiger partial charge < -0.3 is 15.8 Å². The summed E-state index contributed by atoms with van der Waals surface area (Å²) in [6.07, 6.45) is 0.858. The number of amides is 1. The molecule has 0 saturated carbocycles. The van der Waals surface area contributed by atoms with E-state index in [1.165, 1.54) is 0 Å². The predicted molar refractivity (Wildman–Crippen MR) is 83.9 cm³/mol. The van der Waals surface area contributed by atoms with Gasteiger partial charge in [-0.05, 0) is 60.9 Å². The van der Waals surface area contributed by atoms with Crippen LogP contribution in [0.1, 0.15) is 27.0 Å². The van der Waals surface area contributed by atoms with Gasteiger partial charge in [0.1, 0.15) is 5.75 Å². The first-order valence-electron chi connectivity index (χ1n) is 6.98. The van der Waals surface area contributed by atoms with Crippen molar-refractivity contribution in [3.05, 3.63) is 52.6 Å². The van der Waals surface area contributed by atoms with E-state index in [-0.39, 0.29) is 5.91 Å². The molecule has 21 heavy (non-hydrogen) atoms. The maximum absolute atomic E-state index is 12.4. The first-order chi connectivity index (χ1) is 10.0. The highest BCUT2D eigenvalue weighted by Gasteiger charge is 2.15. The molecular formula is C17H18N2O2. The number of hydrogen-bond acceptors (Lipinski definition) is 3. The summed E-state index contributed by atoms with van der Waals surface area (Å²) in [5.74, 6) is 0.767. The van der Waals surface area contributed by atoms with Crippen molar-refractivity contribution >= 4 is 17.3 Å². The SMILES string of the molecule is Cc1cc(NC(=O)c2ccc3c(c2)CCO3)c(C)cc1N. The van der Waals surface area contributed by atoms with Crippen LogP contribution in [0, 0.1) is 13.8 Å². The van der Waals surface area contributed by atoms with Crippen molar-refractivity contribution in [3.8, 4) is 5.75 Å². The summed E-state index contributed by atoms with van der Waals surface area (Å²) in [7, 11) is 0. The molecule has 3 rings (SSSR count).